The van der Waals surface area contributed by atoms with E-state index in [-0.39, 0.29) is 30.0 Å². The van der Waals surface area contributed by atoms with Crippen molar-refractivity contribution in [3.63, 3.8) is 0 Å². The van der Waals surface area contributed by atoms with Gasteiger partial charge in [-0.1, -0.05) is 6.07 Å². The van der Waals surface area contributed by atoms with E-state index in [0.29, 0.717) is 6.79 Å². The lowest BCUT2D eigenvalue weighted by Crippen LogP contribution is -2.42. The van der Waals surface area contributed by atoms with Gasteiger partial charge in [0.25, 0.3) is 0 Å². The van der Waals surface area contributed by atoms with Gasteiger partial charge in [0, 0.05) is 38.9 Å². The quantitative estimate of drug-likeness (QED) is 0.343. The molecule has 1 atom stereocenters. The third-order valence-corrected chi connectivity index (χ3v) is 4.56. The molecule has 0 saturated carbocycles. The summed E-state index contributed by atoms with van der Waals surface area (Å²) in [6.07, 6.45) is 4.82. The standard InChI is InChI=1S/C19H28N6O2.HI/c1-20-19(22-11-16(24(2)3)15-10-23-25(4)12-15)21-8-7-14-5-6-17-18(9-14)27-13-26-17;/h5-6,9-10,12,16H,7-8,11,13H2,1-4H3,(H2,20,21,22);1H. The van der Waals surface area contributed by atoms with Gasteiger partial charge in [-0.2, -0.15) is 5.10 Å². The molecule has 1 aromatic heterocycles. The number of hydrogen-bond donors (Lipinski definition) is 2. The maximum Gasteiger partial charge on any atom is 0.231 e. The normalized spacial score (nSPS) is 14.0. The SMILES string of the molecule is CN=C(NCCc1ccc2c(c1)OCO2)NCC(c1cnn(C)c1)N(C)C.I. The summed E-state index contributed by atoms with van der Waals surface area (Å²) in [7, 11) is 7.84. The van der Waals surface area contributed by atoms with Gasteiger partial charge in [-0.15, -0.1) is 24.0 Å². The number of benzene rings is 1. The van der Waals surface area contributed by atoms with Crippen LogP contribution in [0.4, 0.5) is 0 Å². The van der Waals surface area contributed by atoms with Gasteiger partial charge < -0.3 is 25.0 Å². The highest BCUT2D eigenvalue weighted by Crippen LogP contribution is 2.32. The minimum absolute atomic E-state index is 0. The maximum absolute atomic E-state index is 5.43. The smallest absolute Gasteiger partial charge is 0.231 e. The second kappa shape index (κ2) is 10.5. The molecule has 2 heterocycles. The molecular weight excluding hydrogens is 471 g/mol. The van der Waals surface area contributed by atoms with Crippen LogP contribution in [-0.4, -0.2) is 61.7 Å². The van der Waals surface area contributed by atoms with Gasteiger partial charge >= 0.3 is 0 Å². The highest BCUT2D eigenvalue weighted by Gasteiger charge is 2.16. The van der Waals surface area contributed by atoms with Crippen molar-refractivity contribution in [3.05, 3.63) is 41.7 Å². The number of aryl methyl sites for hydroxylation is 1. The predicted octanol–water partition coefficient (Wildman–Crippen LogP) is 1.78. The van der Waals surface area contributed by atoms with Crippen molar-refractivity contribution in [1.82, 2.24) is 25.3 Å². The molecule has 2 aromatic rings. The summed E-state index contributed by atoms with van der Waals surface area (Å²) in [5.41, 5.74) is 2.37. The van der Waals surface area contributed by atoms with Gasteiger partial charge in [0.2, 0.25) is 6.79 Å². The van der Waals surface area contributed by atoms with Gasteiger partial charge in [-0.25, -0.2) is 0 Å². The maximum atomic E-state index is 5.43. The molecule has 0 amide bonds. The lowest BCUT2D eigenvalue weighted by atomic mass is 10.1. The number of nitrogens with zero attached hydrogens (tertiary/aromatic N) is 4. The molecule has 1 unspecified atom stereocenters. The topological polar surface area (TPSA) is 75.9 Å². The summed E-state index contributed by atoms with van der Waals surface area (Å²) in [4.78, 5) is 6.49. The Morgan fingerprint density at radius 1 is 1.29 bits per heavy atom. The molecule has 8 nitrogen and oxygen atoms in total. The van der Waals surface area contributed by atoms with E-state index in [1.807, 2.05) is 36.3 Å². The zero-order chi connectivity index (χ0) is 19.2. The zero-order valence-corrected chi connectivity index (χ0v) is 19.1. The van der Waals surface area contributed by atoms with E-state index in [4.69, 9.17) is 9.47 Å². The number of aromatic nitrogens is 2. The van der Waals surface area contributed by atoms with E-state index in [0.717, 1.165) is 37.0 Å². The number of hydrogen-bond acceptors (Lipinski definition) is 5. The largest absolute Gasteiger partial charge is 0.454 e. The zero-order valence-electron chi connectivity index (χ0n) is 16.8. The van der Waals surface area contributed by atoms with E-state index in [9.17, 15) is 0 Å². The fourth-order valence-corrected chi connectivity index (χ4v) is 3.05. The molecule has 2 N–H and O–H groups in total. The van der Waals surface area contributed by atoms with Gasteiger partial charge in [-0.05, 0) is 38.2 Å². The minimum Gasteiger partial charge on any atom is -0.454 e. The fourth-order valence-electron chi connectivity index (χ4n) is 3.05. The lowest BCUT2D eigenvalue weighted by Gasteiger charge is -2.24. The van der Waals surface area contributed by atoms with Crippen LogP contribution in [0, 0.1) is 0 Å². The van der Waals surface area contributed by atoms with E-state index in [2.05, 4.69) is 45.8 Å². The minimum atomic E-state index is 0. The first-order valence-electron chi connectivity index (χ1n) is 9.05. The number of guanidine groups is 1. The third kappa shape index (κ3) is 5.74. The lowest BCUT2D eigenvalue weighted by molar-refractivity contribution is 0.174. The molecular formula is C19H29IN6O2. The Hall–Kier alpha value is -2.01. The molecule has 0 spiro atoms. The molecule has 1 aliphatic rings. The summed E-state index contributed by atoms with van der Waals surface area (Å²) in [6, 6.07) is 6.27. The van der Waals surface area contributed by atoms with Gasteiger partial charge in [0.15, 0.2) is 17.5 Å². The van der Waals surface area contributed by atoms with E-state index in [1.54, 1.807) is 7.05 Å². The Morgan fingerprint density at radius 2 is 2.07 bits per heavy atom. The molecule has 0 saturated heterocycles. The van der Waals surface area contributed by atoms with Crippen LogP contribution >= 0.6 is 24.0 Å². The summed E-state index contributed by atoms with van der Waals surface area (Å²) >= 11 is 0. The number of fused-ring (bicyclic) bond motifs is 1. The number of rotatable bonds is 7. The highest BCUT2D eigenvalue weighted by molar-refractivity contribution is 14.0. The Labute approximate surface area is 183 Å². The number of likely N-dealkylation sites (N-methyl/N-ethyl adjacent to an activating group) is 1. The van der Waals surface area contributed by atoms with Gasteiger partial charge in [-0.3, -0.25) is 9.67 Å². The van der Waals surface area contributed by atoms with Crippen molar-refractivity contribution >= 4 is 29.9 Å². The molecule has 0 bridgehead atoms. The van der Waals surface area contributed by atoms with Gasteiger partial charge in [0.05, 0.1) is 12.2 Å². The molecule has 3 rings (SSSR count). The van der Waals surface area contributed by atoms with E-state index in [1.165, 1.54) is 11.1 Å². The molecule has 0 aliphatic carbocycles. The Kier molecular flexibility index (Phi) is 8.36. The average Bonchev–Trinajstić information content (AvgIpc) is 3.28. The monoisotopic (exact) mass is 500 g/mol. The van der Waals surface area contributed by atoms with Crippen LogP contribution in [0.15, 0.2) is 35.6 Å². The molecule has 1 aliphatic heterocycles. The van der Waals surface area contributed by atoms with Crippen LogP contribution < -0.4 is 20.1 Å². The first-order valence-corrected chi connectivity index (χ1v) is 9.05. The van der Waals surface area contributed by atoms with Crippen LogP contribution in [0.2, 0.25) is 0 Å². The van der Waals surface area contributed by atoms with Crippen LogP contribution in [0.1, 0.15) is 17.2 Å². The molecule has 0 fully saturated rings. The summed E-state index contributed by atoms with van der Waals surface area (Å²) in [6.45, 7) is 1.82. The molecule has 1 aromatic carbocycles. The van der Waals surface area contributed by atoms with Crippen LogP contribution in [-0.2, 0) is 13.5 Å². The Balaban J connectivity index is 0.00000280. The molecule has 154 valence electrons. The first kappa shape index (κ1) is 22.3. The van der Waals surface area contributed by atoms with E-state index >= 15 is 0 Å². The molecule has 28 heavy (non-hydrogen) atoms. The Morgan fingerprint density at radius 3 is 2.75 bits per heavy atom. The fraction of sp³-hybridized carbons (Fsp3) is 0.474. The first-order chi connectivity index (χ1) is 13.1. The van der Waals surface area contributed by atoms with Crippen molar-refractivity contribution in [3.8, 4) is 11.5 Å². The van der Waals surface area contributed by atoms with Crippen molar-refractivity contribution in [2.24, 2.45) is 12.0 Å². The highest BCUT2D eigenvalue weighted by atomic mass is 127. The van der Waals surface area contributed by atoms with Gasteiger partial charge in [0.1, 0.15) is 0 Å². The molecule has 0 radical (unpaired) electrons. The summed E-state index contributed by atoms with van der Waals surface area (Å²) in [5, 5.41) is 11.0. The third-order valence-electron chi connectivity index (χ3n) is 4.56. The van der Waals surface area contributed by atoms with Crippen molar-refractivity contribution in [2.75, 3.05) is 41.0 Å². The second-order valence-electron chi connectivity index (χ2n) is 6.74. The average molecular weight is 500 g/mol. The van der Waals surface area contributed by atoms with E-state index < -0.39 is 0 Å². The summed E-state index contributed by atoms with van der Waals surface area (Å²) in [5.74, 6) is 2.42. The Bertz CT molecular complexity index is 792. The predicted molar refractivity (Wildman–Crippen MR) is 121 cm³/mol. The number of ether oxygens (including phenoxy) is 2. The van der Waals surface area contributed by atoms with Crippen molar-refractivity contribution < 1.29 is 9.47 Å². The number of halogens is 1. The van der Waals surface area contributed by atoms with Crippen LogP contribution in [0.3, 0.4) is 0 Å². The molecule has 9 heteroatoms. The number of aliphatic imine (C=N–C) groups is 1. The number of nitrogens with one attached hydrogen (secondary N) is 2. The van der Waals surface area contributed by atoms with Crippen molar-refractivity contribution in [2.45, 2.75) is 12.5 Å². The summed E-state index contributed by atoms with van der Waals surface area (Å²) < 4.78 is 12.6. The van der Waals surface area contributed by atoms with Crippen LogP contribution in [0.25, 0.3) is 0 Å². The second-order valence-corrected chi connectivity index (χ2v) is 6.74. The van der Waals surface area contributed by atoms with Crippen molar-refractivity contribution in [1.29, 1.82) is 0 Å². The van der Waals surface area contributed by atoms with Crippen LogP contribution in [0.5, 0.6) is 11.5 Å².